The minimum atomic E-state index is -3.93. The highest BCUT2D eigenvalue weighted by Crippen LogP contribution is 2.31. The third-order valence-electron chi connectivity index (χ3n) is 5.41. The number of carbonyl (C=O) groups excluding carboxylic acids is 1. The Bertz CT molecular complexity index is 1240. The van der Waals surface area contributed by atoms with Crippen molar-refractivity contribution < 1.29 is 17.7 Å². The highest BCUT2D eigenvalue weighted by atomic mass is 35.5. The molecular formula is C22H23ClN4O4S. The van der Waals surface area contributed by atoms with Gasteiger partial charge in [-0.25, -0.2) is 8.42 Å². The molecule has 1 atom stereocenters. The summed E-state index contributed by atoms with van der Waals surface area (Å²) in [4.78, 5) is 16.9. The third-order valence-corrected chi connectivity index (χ3v) is 7.76. The van der Waals surface area contributed by atoms with Crippen molar-refractivity contribution in [2.24, 2.45) is 5.92 Å². The van der Waals surface area contributed by atoms with Gasteiger partial charge < -0.3 is 9.84 Å². The van der Waals surface area contributed by atoms with Gasteiger partial charge in [-0.1, -0.05) is 34.5 Å². The largest absolute Gasteiger partial charge is 0.339 e. The maximum Gasteiger partial charge on any atom is 0.244 e. The number of sulfonamides is 1. The lowest BCUT2D eigenvalue weighted by molar-refractivity contribution is -0.120. The van der Waals surface area contributed by atoms with Crippen molar-refractivity contribution in [2.45, 2.75) is 31.6 Å². The number of hydrogen-bond acceptors (Lipinski definition) is 6. The maximum atomic E-state index is 13.4. The Kier molecular flexibility index (Phi) is 6.32. The van der Waals surface area contributed by atoms with Crippen LogP contribution in [-0.2, 0) is 14.8 Å². The molecule has 0 radical (unpaired) electrons. The summed E-state index contributed by atoms with van der Waals surface area (Å²) in [6.45, 7) is 4.02. The van der Waals surface area contributed by atoms with Crippen molar-refractivity contribution in [3.8, 4) is 11.4 Å². The minimum Gasteiger partial charge on any atom is -0.339 e. The molecule has 2 aromatic carbocycles. The fourth-order valence-corrected chi connectivity index (χ4v) is 5.68. The molecule has 10 heteroatoms. The molecule has 32 heavy (non-hydrogen) atoms. The van der Waals surface area contributed by atoms with Crippen LogP contribution in [0.15, 0.2) is 51.9 Å². The van der Waals surface area contributed by atoms with E-state index in [2.05, 4.69) is 15.5 Å². The average Bonchev–Trinajstić information content (AvgIpc) is 3.22. The van der Waals surface area contributed by atoms with Crippen molar-refractivity contribution in [3.63, 3.8) is 0 Å². The number of benzene rings is 2. The van der Waals surface area contributed by atoms with Gasteiger partial charge in [0, 0.05) is 31.3 Å². The van der Waals surface area contributed by atoms with Crippen LogP contribution >= 0.6 is 11.6 Å². The molecular weight excluding hydrogens is 452 g/mol. The first kappa shape index (κ1) is 22.4. The van der Waals surface area contributed by atoms with Gasteiger partial charge in [-0.3, -0.25) is 4.79 Å². The smallest absolute Gasteiger partial charge is 0.244 e. The van der Waals surface area contributed by atoms with Crippen LogP contribution in [0.5, 0.6) is 0 Å². The lowest BCUT2D eigenvalue weighted by Crippen LogP contribution is -2.43. The Morgan fingerprint density at radius 1 is 1.19 bits per heavy atom. The van der Waals surface area contributed by atoms with Gasteiger partial charge in [0.2, 0.25) is 27.6 Å². The molecule has 1 saturated heterocycles. The molecule has 0 unspecified atom stereocenters. The summed E-state index contributed by atoms with van der Waals surface area (Å²) in [5.74, 6) is -0.0000487. The molecule has 1 aromatic heterocycles. The van der Waals surface area contributed by atoms with E-state index in [1.54, 1.807) is 13.0 Å². The quantitative estimate of drug-likeness (QED) is 0.598. The fraction of sp³-hybridized carbons (Fsp3) is 0.318. The monoisotopic (exact) mass is 474 g/mol. The van der Waals surface area contributed by atoms with Gasteiger partial charge in [0.1, 0.15) is 4.90 Å². The first-order chi connectivity index (χ1) is 15.2. The molecule has 168 valence electrons. The maximum absolute atomic E-state index is 13.4. The second-order valence-electron chi connectivity index (χ2n) is 7.84. The van der Waals surface area contributed by atoms with Gasteiger partial charge in [-0.05, 0) is 50.1 Å². The molecule has 1 N–H and O–H groups in total. The number of aromatic nitrogens is 2. The van der Waals surface area contributed by atoms with Crippen molar-refractivity contribution in [2.75, 3.05) is 18.4 Å². The first-order valence-corrected chi connectivity index (χ1v) is 12.0. The molecule has 4 rings (SSSR count). The van der Waals surface area contributed by atoms with Gasteiger partial charge in [0.15, 0.2) is 0 Å². The lowest BCUT2D eigenvalue weighted by Gasteiger charge is -2.31. The Hall–Kier alpha value is -2.75. The number of hydrogen-bond donors (Lipinski definition) is 1. The van der Waals surface area contributed by atoms with Gasteiger partial charge in [-0.2, -0.15) is 9.29 Å². The van der Waals surface area contributed by atoms with Crippen LogP contribution in [0.3, 0.4) is 0 Å². The van der Waals surface area contributed by atoms with Crippen molar-refractivity contribution in [3.05, 3.63) is 58.9 Å². The Balaban J connectivity index is 1.55. The van der Waals surface area contributed by atoms with Crippen LogP contribution in [-0.4, -0.2) is 41.9 Å². The van der Waals surface area contributed by atoms with Crippen LogP contribution in [0.2, 0.25) is 5.02 Å². The van der Waals surface area contributed by atoms with Gasteiger partial charge in [-0.15, -0.1) is 0 Å². The second kappa shape index (κ2) is 9.01. The average molecular weight is 475 g/mol. The number of rotatable bonds is 5. The highest BCUT2D eigenvalue weighted by molar-refractivity contribution is 7.89. The number of anilines is 1. The van der Waals surface area contributed by atoms with Crippen molar-refractivity contribution >= 4 is 33.2 Å². The molecule has 0 bridgehead atoms. The van der Waals surface area contributed by atoms with Gasteiger partial charge in [0.25, 0.3) is 0 Å². The number of aryl methyl sites for hydroxylation is 2. The highest BCUT2D eigenvalue weighted by Gasteiger charge is 2.34. The van der Waals surface area contributed by atoms with E-state index in [1.165, 1.54) is 16.4 Å². The molecule has 1 amide bonds. The predicted octanol–water partition coefficient (Wildman–Crippen LogP) is 4.05. The van der Waals surface area contributed by atoms with Crippen LogP contribution < -0.4 is 5.32 Å². The topological polar surface area (TPSA) is 105 Å². The van der Waals surface area contributed by atoms with Gasteiger partial charge >= 0.3 is 0 Å². The Morgan fingerprint density at radius 2 is 1.94 bits per heavy atom. The normalized spacial score (nSPS) is 17.3. The lowest BCUT2D eigenvalue weighted by atomic mass is 9.98. The van der Waals surface area contributed by atoms with Crippen LogP contribution in [0, 0.1) is 19.8 Å². The van der Waals surface area contributed by atoms with E-state index in [-0.39, 0.29) is 28.2 Å². The number of carbonyl (C=O) groups is 1. The number of amides is 1. The Morgan fingerprint density at radius 3 is 2.62 bits per heavy atom. The number of nitrogens with zero attached hydrogens (tertiary/aromatic N) is 3. The molecule has 8 nitrogen and oxygen atoms in total. The van der Waals surface area contributed by atoms with E-state index >= 15 is 0 Å². The molecule has 3 aromatic rings. The van der Waals surface area contributed by atoms with E-state index in [0.717, 1.165) is 5.56 Å². The SMILES string of the molecule is Cc1ccc(NC(=O)[C@@H]2CCCN(S(=O)(=O)c3cc(-c4noc(C)n4)ccc3Cl)C2)cc1. The first-order valence-electron chi connectivity index (χ1n) is 10.2. The standard InChI is InChI=1S/C22H23ClN4O4S/c1-14-5-8-18(9-6-14)25-22(28)17-4-3-11-27(13-17)32(29,30)20-12-16(7-10-19(20)23)21-24-15(2)31-26-21/h5-10,12,17H,3-4,11,13H2,1-2H3,(H,25,28)/t17-/m1/s1. The summed E-state index contributed by atoms with van der Waals surface area (Å²) >= 11 is 6.26. The van der Waals surface area contributed by atoms with Crippen molar-refractivity contribution in [1.29, 1.82) is 0 Å². The number of nitrogens with one attached hydrogen (secondary N) is 1. The molecule has 0 aliphatic carbocycles. The number of piperidine rings is 1. The zero-order chi connectivity index (χ0) is 22.9. The summed E-state index contributed by atoms with van der Waals surface area (Å²) in [6, 6.07) is 12.1. The summed E-state index contributed by atoms with van der Waals surface area (Å²) in [5.41, 5.74) is 2.26. The summed E-state index contributed by atoms with van der Waals surface area (Å²) in [7, 11) is -3.93. The third kappa shape index (κ3) is 4.69. The summed E-state index contributed by atoms with van der Waals surface area (Å²) in [6.07, 6.45) is 1.19. The predicted molar refractivity (Wildman–Crippen MR) is 121 cm³/mol. The van der Waals surface area contributed by atoms with Crippen LogP contribution in [0.1, 0.15) is 24.3 Å². The number of halogens is 1. The van der Waals surface area contributed by atoms with Crippen LogP contribution in [0.25, 0.3) is 11.4 Å². The van der Waals surface area contributed by atoms with E-state index in [0.29, 0.717) is 36.5 Å². The molecule has 0 saturated carbocycles. The van der Waals surface area contributed by atoms with E-state index in [9.17, 15) is 13.2 Å². The molecule has 2 heterocycles. The van der Waals surface area contributed by atoms with E-state index in [4.69, 9.17) is 16.1 Å². The molecule has 1 aliphatic heterocycles. The molecule has 1 fully saturated rings. The minimum absolute atomic E-state index is 0.0429. The van der Waals surface area contributed by atoms with Crippen molar-refractivity contribution in [1.82, 2.24) is 14.4 Å². The fourth-order valence-electron chi connectivity index (χ4n) is 3.65. The van der Waals surface area contributed by atoms with E-state index in [1.807, 2.05) is 31.2 Å². The Labute approximate surface area is 191 Å². The molecule has 0 spiro atoms. The zero-order valence-corrected chi connectivity index (χ0v) is 19.3. The van der Waals surface area contributed by atoms with Crippen LogP contribution in [0.4, 0.5) is 5.69 Å². The summed E-state index contributed by atoms with van der Waals surface area (Å²) < 4.78 is 33.1. The van der Waals surface area contributed by atoms with Gasteiger partial charge in [0.05, 0.1) is 10.9 Å². The second-order valence-corrected chi connectivity index (χ2v) is 10.2. The van der Waals surface area contributed by atoms with E-state index < -0.39 is 15.9 Å². The molecule has 1 aliphatic rings. The zero-order valence-electron chi connectivity index (χ0n) is 17.7. The summed E-state index contributed by atoms with van der Waals surface area (Å²) in [5, 5.41) is 6.82.